The van der Waals surface area contributed by atoms with Gasteiger partial charge in [0.05, 0.1) is 19.6 Å². The van der Waals surface area contributed by atoms with Gasteiger partial charge in [-0.25, -0.2) is 0 Å². The monoisotopic (exact) mass is 444 g/mol. The van der Waals surface area contributed by atoms with Crippen LogP contribution in [0.1, 0.15) is 21.5 Å². The Bertz CT molecular complexity index is 1390. The summed E-state index contributed by atoms with van der Waals surface area (Å²) in [5.41, 5.74) is 2.92. The van der Waals surface area contributed by atoms with Crippen LogP contribution >= 0.6 is 0 Å². The number of carbonyl (C=O) groups excluding carboxylic acids is 1. The molecule has 3 aromatic carbocycles. The van der Waals surface area contributed by atoms with Gasteiger partial charge in [-0.05, 0) is 49.2 Å². The quantitative estimate of drug-likeness (QED) is 0.358. The molecule has 4 aromatic rings. The molecule has 0 atom stereocenters. The molecule has 0 N–H and O–H groups in total. The third-order valence-corrected chi connectivity index (χ3v) is 5.38. The minimum atomic E-state index is -0.334. The number of ether oxygens (including phenoxy) is 3. The van der Waals surface area contributed by atoms with E-state index in [9.17, 15) is 9.59 Å². The molecule has 6 nitrogen and oxygen atoms in total. The number of benzene rings is 3. The highest BCUT2D eigenvalue weighted by Crippen LogP contribution is 2.37. The first-order chi connectivity index (χ1) is 15.9. The van der Waals surface area contributed by atoms with Gasteiger partial charge in [0, 0.05) is 11.1 Å². The minimum absolute atomic E-state index is 0.0223. The van der Waals surface area contributed by atoms with E-state index < -0.39 is 0 Å². The SMILES string of the molecule is COc1ccc(-c2oc3cc(C)cc(C)c3c(=O)c2OCC(=O)c2ccccc2)cc1OC. The van der Waals surface area contributed by atoms with Gasteiger partial charge in [-0.15, -0.1) is 0 Å². The Hall–Kier alpha value is -4.06. The highest BCUT2D eigenvalue weighted by Gasteiger charge is 2.21. The minimum Gasteiger partial charge on any atom is -0.493 e. The summed E-state index contributed by atoms with van der Waals surface area (Å²) in [4.78, 5) is 26.2. The Labute approximate surface area is 191 Å². The molecule has 0 fully saturated rings. The fraction of sp³-hybridized carbons (Fsp3) is 0.185. The van der Waals surface area contributed by atoms with E-state index in [2.05, 4.69) is 0 Å². The molecule has 0 saturated carbocycles. The Morgan fingerprint density at radius 2 is 1.64 bits per heavy atom. The summed E-state index contributed by atoms with van der Waals surface area (Å²) in [5.74, 6) is 0.974. The van der Waals surface area contributed by atoms with Crippen molar-refractivity contribution in [1.29, 1.82) is 0 Å². The second-order valence-corrected chi connectivity index (χ2v) is 7.69. The molecule has 4 rings (SSSR count). The maximum Gasteiger partial charge on any atom is 0.235 e. The summed E-state index contributed by atoms with van der Waals surface area (Å²) in [6, 6.07) is 17.7. The molecule has 0 aliphatic heterocycles. The van der Waals surface area contributed by atoms with Crippen LogP contribution in [0.2, 0.25) is 0 Å². The van der Waals surface area contributed by atoms with Gasteiger partial charge in [0.2, 0.25) is 11.2 Å². The van der Waals surface area contributed by atoms with Crippen LogP contribution in [0.25, 0.3) is 22.3 Å². The van der Waals surface area contributed by atoms with Crippen molar-refractivity contribution >= 4 is 16.8 Å². The van der Waals surface area contributed by atoms with Crippen LogP contribution in [0.15, 0.2) is 69.9 Å². The van der Waals surface area contributed by atoms with Gasteiger partial charge in [0.15, 0.2) is 29.6 Å². The van der Waals surface area contributed by atoms with Gasteiger partial charge in [0.25, 0.3) is 0 Å². The molecule has 33 heavy (non-hydrogen) atoms. The molecule has 0 amide bonds. The van der Waals surface area contributed by atoms with Crippen molar-refractivity contribution in [2.75, 3.05) is 20.8 Å². The maximum atomic E-state index is 13.5. The van der Waals surface area contributed by atoms with Crippen LogP contribution in [0, 0.1) is 13.8 Å². The van der Waals surface area contributed by atoms with E-state index in [1.165, 1.54) is 7.11 Å². The van der Waals surface area contributed by atoms with Gasteiger partial charge in [-0.3, -0.25) is 9.59 Å². The molecule has 0 bridgehead atoms. The molecule has 168 valence electrons. The Morgan fingerprint density at radius 3 is 2.33 bits per heavy atom. The summed E-state index contributed by atoms with van der Waals surface area (Å²) in [7, 11) is 3.07. The van der Waals surface area contributed by atoms with Crippen molar-refractivity contribution in [2.45, 2.75) is 13.8 Å². The summed E-state index contributed by atoms with van der Waals surface area (Å²) < 4.78 is 22.8. The number of hydrogen-bond acceptors (Lipinski definition) is 6. The van der Waals surface area contributed by atoms with Gasteiger partial charge in [0.1, 0.15) is 5.58 Å². The second kappa shape index (κ2) is 9.20. The lowest BCUT2D eigenvalue weighted by Crippen LogP contribution is -2.17. The zero-order valence-electron chi connectivity index (χ0n) is 18.9. The van der Waals surface area contributed by atoms with Crippen LogP contribution in [0.5, 0.6) is 17.2 Å². The van der Waals surface area contributed by atoms with E-state index in [-0.39, 0.29) is 29.3 Å². The Morgan fingerprint density at radius 1 is 0.909 bits per heavy atom. The first-order valence-electron chi connectivity index (χ1n) is 10.4. The molecular weight excluding hydrogens is 420 g/mol. The van der Waals surface area contributed by atoms with E-state index >= 15 is 0 Å². The van der Waals surface area contributed by atoms with Gasteiger partial charge in [-0.1, -0.05) is 36.4 Å². The van der Waals surface area contributed by atoms with E-state index in [0.717, 1.165) is 11.1 Å². The molecule has 1 heterocycles. The zero-order valence-corrected chi connectivity index (χ0v) is 18.9. The van der Waals surface area contributed by atoms with Crippen molar-refractivity contribution in [3.05, 3.63) is 87.6 Å². The van der Waals surface area contributed by atoms with Crippen LogP contribution in [0.3, 0.4) is 0 Å². The number of carbonyl (C=O) groups is 1. The number of aryl methyl sites for hydroxylation is 2. The number of rotatable bonds is 7. The lowest BCUT2D eigenvalue weighted by Gasteiger charge is -2.14. The van der Waals surface area contributed by atoms with Gasteiger partial charge < -0.3 is 18.6 Å². The molecule has 0 radical (unpaired) electrons. The van der Waals surface area contributed by atoms with E-state index in [4.69, 9.17) is 18.6 Å². The maximum absolute atomic E-state index is 13.5. The summed E-state index contributed by atoms with van der Waals surface area (Å²) in [6.45, 7) is 3.48. The van der Waals surface area contributed by atoms with Crippen LogP contribution < -0.4 is 19.6 Å². The van der Waals surface area contributed by atoms with E-state index in [1.54, 1.807) is 49.6 Å². The topological polar surface area (TPSA) is 75.0 Å². The second-order valence-electron chi connectivity index (χ2n) is 7.69. The summed E-state index contributed by atoms with van der Waals surface area (Å²) in [6.07, 6.45) is 0. The Kier molecular flexibility index (Phi) is 6.18. The van der Waals surface area contributed by atoms with Crippen molar-refractivity contribution < 1.29 is 23.4 Å². The fourth-order valence-electron chi connectivity index (χ4n) is 3.82. The normalized spacial score (nSPS) is 10.8. The third kappa shape index (κ3) is 4.32. The Balaban J connectivity index is 1.87. The number of fused-ring (bicyclic) bond motifs is 1. The predicted octanol–water partition coefficient (Wildman–Crippen LogP) is 5.36. The molecular formula is C27H24O6. The smallest absolute Gasteiger partial charge is 0.235 e. The van der Waals surface area contributed by atoms with E-state index in [1.807, 2.05) is 32.0 Å². The van der Waals surface area contributed by atoms with Gasteiger partial charge in [-0.2, -0.15) is 0 Å². The fourth-order valence-corrected chi connectivity index (χ4v) is 3.82. The van der Waals surface area contributed by atoms with E-state index in [0.29, 0.717) is 33.6 Å². The highest BCUT2D eigenvalue weighted by molar-refractivity contribution is 5.97. The van der Waals surface area contributed by atoms with Crippen molar-refractivity contribution in [2.24, 2.45) is 0 Å². The number of methoxy groups -OCH3 is 2. The standard InChI is InChI=1S/C27H24O6/c1-16-12-17(2)24-23(13-16)33-26(19-10-11-21(30-3)22(14-19)31-4)27(25(24)29)32-15-20(28)18-8-6-5-7-9-18/h5-14H,15H2,1-4H3. The first-order valence-corrected chi connectivity index (χ1v) is 10.4. The lowest BCUT2D eigenvalue weighted by atomic mass is 10.0. The van der Waals surface area contributed by atoms with Crippen molar-refractivity contribution in [3.63, 3.8) is 0 Å². The largest absolute Gasteiger partial charge is 0.493 e. The van der Waals surface area contributed by atoms with Gasteiger partial charge >= 0.3 is 0 Å². The molecule has 6 heteroatoms. The summed E-state index contributed by atoms with van der Waals surface area (Å²) in [5, 5.41) is 0.423. The van der Waals surface area contributed by atoms with Crippen molar-refractivity contribution in [1.82, 2.24) is 0 Å². The summed E-state index contributed by atoms with van der Waals surface area (Å²) >= 11 is 0. The molecule has 0 spiro atoms. The number of Topliss-reactive ketones (excluding diaryl/α,β-unsaturated/α-hetero) is 1. The zero-order chi connectivity index (χ0) is 23.5. The average molecular weight is 444 g/mol. The molecule has 1 aromatic heterocycles. The molecule has 0 aliphatic rings. The van der Waals surface area contributed by atoms with Crippen LogP contribution in [-0.2, 0) is 0 Å². The molecule has 0 aliphatic carbocycles. The number of ketones is 1. The lowest BCUT2D eigenvalue weighted by molar-refractivity contribution is 0.0920. The van der Waals surface area contributed by atoms with Crippen molar-refractivity contribution in [3.8, 4) is 28.6 Å². The molecule has 0 unspecified atom stereocenters. The van der Waals surface area contributed by atoms with Crippen LogP contribution in [-0.4, -0.2) is 26.6 Å². The van der Waals surface area contributed by atoms with Crippen LogP contribution in [0.4, 0.5) is 0 Å². The average Bonchev–Trinajstić information content (AvgIpc) is 2.82. The number of hydrogen-bond donors (Lipinski definition) is 0. The first kappa shape index (κ1) is 22.1. The predicted molar refractivity (Wildman–Crippen MR) is 127 cm³/mol. The third-order valence-electron chi connectivity index (χ3n) is 5.38. The highest BCUT2D eigenvalue weighted by atomic mass is 16.5. The molecule has 0 saturated heterocycles.